The smallest absolute Gasteiger partial charge is 0.308 e. The molecule has 3 aromatic rings. The monoisotopic (exact) mass is 403 g/mol. The maximum absolute atomic E-state index is 13.3. The molecule has 0 atom stereocenters. The van der Waals surface area contributed by atoms with Gasteiger partial charge in [0.2, 0.25) is 0 Å². The van der Waals surface area contributed by atoms with E-state index in [1.54, 1.807) is 30.3 Å². The van der Waals surface area contributed by atoms with Crippen molar-refractivity contribution in [2.24, 2.45) is 0 Å². The summed E-state index contributed by atoms with van der Waals surface area (Å²) < 4.78 is 53.5. The molecule has 0 spiro atoms. The fourth-order valence-corrected chi connectivity index (χ4v) is 3.46. The molecule has 0 radical (unpaired) electrons. The van der Waals surface area contributed by atoms with Crippen molar-refractivity contribution in [3.63, 3.8) is 0 Å². The lowest BCUT2D eigenvalue weighted by Gasteiger charge is -2.11. The molecule has 0 aromatic heterocycles. The van der Waals surface area contributed by atoms with E-state index in [2.05, 4.69) is 15.4 Å². The predicted octanol–water partition coefficient (Wildman–Crippen LogP) is 4.41. The third-order valence-corrected chi connectivity index (χ3v) is 4.91. The number of halogens is 2. The molecule has 0 unspecified atom stereocenters. The summed E-state index contributed by atoms with van der Waals surface area (Å²) in [6.45, 7) is 0. The van der Waals surface area contributed by atoms with Gasteiger partial charge in [0.05, 0.1) is 10.6 Å². The van der Waals surface area contributed by atoms with Crippen LogP contribution in [-0.4, -0.2) is 14.4 Å². The summed E-state index contributed by atoms with van der Waals surface area (Å²) >= 11 is 0. The summed E-state index contributed by atoms with van der Waals surface area (Å²) in [4.78, 5) is 11.5. The second-order valence-corrected chi connectivity index (χ2v) is 7.42. The van der Waals surface area contributed by atoms with Gasteiger partial charge < -0.3 is 10.6 Å². The van der Waals surface area contributed by atoms with Gasteiger partial charge >= 0.3 is 6.03 Å². The van der Waals surface area contributed by atoms with Gasteiger partial charge in [0.1, 0.15) is 11.6 Å². The molecule has 3 N–H and O–H groups in total. The fraction of sp³-hybridized carbons (Fsp3) is 0. The van der Waals surface area contributed by atoms with Gasteiger partial charge in [0, 0.05) is 17.4 Å². The first-order valence-electron chi connectivity index (χ1n) is 8.04. The number of nitrogens with one attached hydrogen (secondary N) is 3. The van der Waals surface area contributed by atoms with Crippen LogP contribution in [0.25, 0.3) is 0 Å². The van der Waals surface area contributed by atoms with E-state index in [1.807, 2.05) is 6.07 Å². The van der Waals surface area contributed by atoms with Crippen molar-refractivity contribution >= 4 is 33.1 Å². The van der Waals surface area contributed by atoms with Crippen LogP contribution in [0.5, 0.6) is 0 Å². The van der Waals surface area contributed by atoms with Crippen LogP contribution in [-0.2, 0) is 10.0 Å². The Labute approximate surface area is 160 Å². The zero-order valence-corrected chi connectivity index (χ0v) is 15.1. The highest BCUT2D eigenvalue weighted by molar-refractivity contribution is 7.92. The summed E-state index contributed by atoms with van der Waals surface area (Å²) in [7, 11) is -4.21. The van der Waals surface area contributed by atoms with Crippen molar-refractivity contribution in [1.82, 2.24) is 0 Å². The van der Waals surface area contributed by atoms with E-state index < -0.39 is 32.6 Å². The van der Waals surface area contributed by atoms with Gasteiger partial charge in [-0.05, 0) is 42.5 Å². The van der Waals surface area contributed by atoms with Crippen molar-refractivity contribution in [2.75, 3.05) is 15.4 Å². The Morgan fingerprint density at radius 2 is 1.29 bits per heavy atom. The molecule has 0 aliphatic rings. The molecule has 0 heterocycles. The van der Waals surface area contributed by atoms with Crippen LogP contribution in [0.1, 0.15) is 0 Å². The molecule has 144 valence electrons. The van der Waals surface area contributed by atoms with Gasteiger partial charge in [-0.2, -0.15) is 0 Å². The average molecular weight is 403 g/mol. The molecule has 0 saturated heterocycles. The molecular weight excluding hydrogens is 388 g/mol. The van der Waals surface area contributed by atoms with E-state index in [1.165, 1.54) is 18.2 Å². The second-order valence-electron chi connectivity index (χ2n) is 5.74. The highest BCUT2D eigenvalue weighted by atomic mass is 32.2. The molecule has 6 nitrogen and oxygen atoms in total. The second kappa shape index (κ2) is 8.05. The molecule has 0 aliphatic heterocycles. The zero-order chi connectivity index (χ0) is 20.1. The van der Waals surface area contributed by atoms with Crippen molar-refractivity contribution in [2.45, 2.75) is 4.90 Å². The predicted molar refractivity (Wildman–Crippen MR) is 103 cm³/mol. The molecule has 0 saturated carbocycles. The van der Waals surface area contributed by atoms with Crippen LogP contribution in [0, 0.1) is 11.6 Å². The Hall–Kier alpha value is -3.46. The van der Waals surface area contributed by atoms with Crippen LogP contribution in [0.2, 0.25) is 0 Å². The van der Waals surface area contributed by atoms with Gasteiger partial charge in [-0.3, -0.25) is 4.72 Å². The first kappa shape index (κ1) is 19.3. The number of carbonyl (C=O) groups is 1. The molecule has 0 fully saturated rings. The maximum Gasteiger partial charge on any atom is 0.323 e. The number of carbonyl (C=O) groups excluding carboxylic acids is 1. The van der Waals surface area contributed by atoms with Crippen LogP contribution in [0.15, 0.2) is 77.7 Å². The lowest BCUT2D eigenvalue weighted by atomic mass is 10.3. The van der Waals surface area contributed by atoms with Gasteiger partial charge in [-0.25, -0.2) is 22.0 Å². The van der Waals surface area contributed by atoms with Crippen LogP contribution < -0.4 is 15.4 Å². The third-order valence-electron chi connectivity index (χ3n) is 3.55. The van der Waals surface area contributed by atoms with Gasteiger partial charge in [-0.1, -0.05) is 24.3 Å². The normalized spacial score (nSPS) is 10.9. The first-order chi connectivity index (χ1) is 13.3. The topological polar surface area (TPSA) is 87.3 Å². The lowest BCUT2D eigenvalue weighted by molar-refractivity contribution is 0.262. The standard InChI is InChI=1S/C19H15F2N3O3S/c20-13-9-14(21)11-18(10-13)28(26,27)24-17-8-4-7-16(12-17)23-19(25)22-15-5-2-1-3-6-15/h1-12,24H,(H2,22,23,25). The number of hydrogen-bond acceptors (Lipinski definition) is 3. The lowest BCUT2D eigenvalue weighted by Crippen LogP contribution is -2.19. The molecule has 3 aromatic carbocycles. The SMILES string of the molecule is O=C(Nc1ccccc1)Nc1cccc(NS(=O)(=O)c2cc(F)cc(F)c2)c1. The largest absolute Gasteiger partial charge is 0.323 e. The minimum absolute atomic E-state index is 0.113. The minimum atomic E-state index is -4.21. The number of rotatable bonds is 5. The van der Waals surface area contributed by atoms with Crippen molar-refractivity contribution < 1.29 is 22.0 Å². The molecule has 2 amide bonds. The Bertz CT molecular complexity index is 1090. The van der Waals surface area contributed by atoms with Crippen molar-refractivity contribution in [3.05, 3.63) is 84.4 Å². The highest BCUT2D eigenvalue weighted by Gasteiger charge is 2.17. The number of benzene rings is 3. The number of anilines is 3. The van der Waals surface area contributed by atoms with E-state index >= 15 is 0 Å². The van der Waals surface area contributed by atoms with Gasteiger partial charge in [0.25, 0.3) is 10.0 Å². The van der Waals surface area contributed by atoms with E-state index in [-0.39, 0.29) is 5.69 Å². The van der Waals surface area contributed by atoms with Gasteiger partial charge in [-0.15, -0.1) is 0 Å². The zero-order valence-electron chi connectivity index (χ0n) is 14.3. The molecule has 0 bridgehead atoms. The minimum Gasteiger partial charge on any atom is -0.308 e. The molecular formula is C19H15F2N3O3S. The quantitative estimate of drug-likeness (QED) is 0.590. The summed E-state index contributed by atoms with van der Waals surface area (Å²) in [6.07, 6.45) is 0. The number of urea groups is 1. The van der Waals surface area contributed by atoms with E-state index in [0.29, 0.717) is 29.6 Å². The Balaban J connectivity index is 1.73. The molecule has 0 aliphatic carbocycles. The van der Waals surface area contributed by atoms with Crippen LogP contribution >= 0.6 is 0 Å². The van der Waals surface area contributed by atoms with Crippen LogP contribution in [0.3, 0.4) is 0 Å². The highest BCUT2D eigenvalue weighted by Crippen LogP contribution is 2.21. The fourth-order valence-electron chi connectivity index (χ4n) is 2.37. The number of para-hydroxylation sites is 1. The van der Waals surface area contributed by atoms with E-state index in [4.69, 9.17) is 0 Å². The Morgan fingerprint density at radius 1 is 0.714 bits per heavy atom. The number of amides is 2. The average Bonchev–Trinajstić information content (AvgIpc) is 2.61. The van der Waals surface area contributed by atoms with Crippen LogP contribution in [0.4, 0.5) is 30.6 Å². The van der Waals surface area contributed by atoms with Crippen molar-refractivity contribution in [1.29, 1.82) is 0 Å². The van der Waals surface area contributed by atoms with Gasteiger partial charge in [0.15, 0.2) is 0 Å². The summed E-state index contributed by atoms with van der Waals surface area (Å²) in [6, 6.07) is 16.1. The Morgan fingerprint density at radius 3 is 1.96 bits per heavy atom. The van der Waals surface area contributed by atoms with E-state index in [0.717, 1.165) is 0 Å². The summed E-state index contributed by atoms with van der Waals surface area (Å²) in [5.41, 5.74) is 1.02. The molecule has 28 heavy (non-hydrogen) atoms. The van der Waals surface area contributed by atoms with Crippen molar-refractivity contribution in [3.8, 4) is 0 Å². The first-order valence-corrected chi connectivity index (χ1v) is 9.52. The number of hydrogen-bond donors (Lipinski definition) is 3. The summed E-state index contributed by atoms with van der Waals surface area (Å²) in [5.74, 6) is -2.01. The maximum atomic E-state index is 13.3. The third kappa shape index (κ3) is 5.04. The Kier molecular flexibility index (Phi) is 5.55. The molecule has 9 heteroatoms. The molecule has 3 rings (SSSR count). The van der Waals surface area contributed by atoms with E-state index in [9.17, 15) is 22.0 Å². The summed E-state index contributed by atoms with van der Waals surface area (Å²) in [5, 5.41) is 5.19. The number of sulfonamides is 1.